The van der Waals surface area contributed by atoms with Crippen LogP contribution in [-0.4, -0.2) is 36.3 Å². The minimum absolute atomic E-state index is 0.534. The molecular formula is C26H27N3O4. The lowest BCUT2D eigenvalue weighted by Gasteiger charge is -2.16. The van der Waals surface area contributed by atoms with Crippen LogP contribution in [-0.2, 0) is 17.9 Å². The molecule has 0 aliphatic rings. The third-order valence-electron chi connectivity index (χ3n) is 5.34. The first-order valence-electron chi connectivity index (χ1n) is 10.8. The summed E-state index contributed by atoms with van der Waals surface area (Å²) in [5, 5.41) is 12.5. The van der Waals surface area contributed by atoms with E-state index < -0.39 is 12.1 Å². The normalized spacial score (nSPS) is 12.0. The molecule has 1 atom stereocenters. The Morgan fingerprint density at radius 3 is 2.67 bits per heavy atom. The quantitative estimate of drug-likeness (QED) is 0.386. The fraction of sp³-hybridized carbons (Fsp3) is 0.231. The molecule has 3 aromatic carbocycles. The highest BCUT2D eigenvalue weighted by Crippen LogP contribution is 2.30. The number of para-hydroxylation sites is 2. The van der Waals surface area contributed by atoms with Crippen LogP contribution in [0.25, 0.3) is 22.6 Å². The molecule has 0 saturated carbocycles. The van der Waals surface area contributed by atoms with Crippen LogP contribution in [0.4, 0.5) is 5.69 Å². The molecule has 0 aliphatic carbocycles. The average molecular weight is 446 g/mol. The first kappa shape index (κ1) is 22.4. The Kier molecular flexibility index (Phi) is 6.60. The third kappa shape index (κ3) is 5.32. The highest BCUT2D eigenvalue weighted by Gasteiger charge is 2.15. The topological polar surface area (TPSA) is 87.8 Å². The van der Waals surface area contributed by atoms with Gasteiger partial charge >= 0.3 is 5.97 Å². The van der Waals surface area contributed by atoms with Crippen molar-refractivity contribution < 1.29 is 19.1 Å². The van der Waals surface area contributed by atoms with E-state index >= 15 is 0 Å². The smallest absolute Gasteiger partial charge is 0.344 e. The molecule has 7 heteroatoms. The Morgan fingerprint density at radius 1 is 1.09 bits per heavy atom. The van der Waals surface area contributed by atoms with Crippen LogP contribution in [0.2, 0.25) is 0 Å². The van der Waals surface area contributed by atoms with Crippen LogP contribution >= 0.6 is 0 Å². The van der Waals surface area contributed by atoms with Gasteiger partial charge in [0.1, 0.15) is 11.3 Å². The second-order valence-electron chi connectivity index (χ2n) is 8.07. The Balaban J connectivity index is 1.52. The van der Waals surface area contributed by atoms with Gasteiger partial charge in [0.15, 0.2) is 11.7 Å². The van der Waals surface area contributed by atoms with E-state index in [-0.39, 0.29) is 0 Å². The summed E-state index contributed by atoms with van der Waals surface area (Å²) in [7, 11) is 4.01. The molecule has 4 rings (SSSR count). The molecule has 33 heavy (non-hydrogen) atoms. The van der Waals surface area contributed by atoms with Crippen LogP contribution in [0.3, 0.4) is 0 Å². The zero-order valence-corrected chi connectivity index (χ0v) is 18.9. The molecular weight excluding hydrogens is 418 g/mol. The SMILES string of the molecule is CC(Oc1cccc(CNCc2ccc(N(C)C)cc2-c2nc3ccccc3o2)c1)C(=O)O. The molecule has 7 nitrogen and oxygen atoms in total. The summed E-state index contributed by atoms with van der Waals surface area (Å²) in [4.78, 5) is 17.8. The number of rotatable bonds is 9. The number of carbonyl (C=O) groups is 1. The predicted octanol–water partition coefficient (Wildman–Crippen LogP) is 4.70. The minimum atomic E-state index is -0.994. The second-order valence-corrected chi connectivity index (χ2v) is 8.07. The number of carboxylic acid groups (broad SMARTS) is 1. The van der Waals surface area contributed by atoms with E-state index in [1.54, 1.807) is 6.07 Å². The van der Waals surface area contributed by atoms with Crippen LogP contribution in [0.15, 0.2) is 71.1 Å². The van der Waals surface area contributed by atoms with E-state index in [1.807, 2.05) is 61.5 Å². The molecule has 1 heterocycles. The van der Waals surface area contributed by atoms with Gasteiger partial charge in [-0.05, 0) is 54.4 Å². The maximum Gasteiger partial charge on any atom is 0.344 e. The van der Waals surface area contributed by atoms with Gasteiger partial charge in [0.25, 0.3) is 0 Å². The largest absolute Gasteiger partial charge is 0.479 e. The van der Waals surface area contributed by atoms with Gasteiger partial charge in [-0.2, -0.15) is 0 Å². The zero-order valence-electron chi connectivity index (χ0n) is 18.9. The van der Waals surface area contributed by atoms with Crippen molar-refractivity contribution in [2.24, 2.45) is 0 Å². The maximum absolute atomic E-state index is 11.0. The van der Waals surface area contributed by atoms with Gasteiger partial charge in [0.05, 0.1) is 0 Å². The first-order valence-corrected chi connectivity index (χ1v) is 10.8. The summed E-state index contributed by atoms with van der Waals surface area (Å²) >= 11 is 0. The molecule has 0 bridgehead atoms. The van der Waals surface area contributed by atoms with Crippen molar-refractivity contribution in [3.63, 3.8) is 0 Å². The van der Waals surface area contributed by atoms with Crippen molar-refractivity contribution in [1.29, 1.82) is 0 Å². The Morgan fingerprint density at radius 2 is 1.91 bits per heavy atom. The summed E-state index contributed by atoms with van der Waals surface area (Å²) < 4.78 is 11.5. The molecule has 1 unspecified atom stereocenters. The number of hydrogen-bond donors (Lipinski definition) is 2. The standard InChI is InChI=1S/C26H27N3O4/c1-17(26(30)31)32-21-8-6-7-18(13-21)15-27-16-19-11-12-20(29(2)3)14-22(19)25-28-23-9-4-5-10-24(23)33-25/h4-14,17,27H,15-16H2,1-3H3,(H,30,31). The molecule has 0 radical (unpaired) electrons. The monoisotopic (exact) mass is 445 g/mol. The summed E-state index contributed by atoms with van der Waals surface area (Å²) in [6, 6.07) is 21.4. The summed E-state index contributed by atoms with van der Waals surface area (Å²) in [5.74, 6) is 0.132. The highest BCUT2D eigenvalue weighted by atomic mass is 16.5. The van der Waals surface area contributed by atoms with Crippen molar-refractivity contribution in [3.8, 4) is 17.2 Å². The third-order valence-corrected chi connectivity index (χ3v) is 5.34. The number of nitrogens with one attached hydrogen (secondary N) is 1. The minimum Gasteiger partial charge on any atom is -0.479 e. The van der Waals surface area contributed by atoms with Crippen LogP contribution in [0.5, 0.6) is 5.75 Å². The second kappa shape index (κ2) is 9.75. The molecule has 0 saturated heterocycles. The van der Waals surface area contributed by atoms with E-state index in [9.17, 15) is 4.79 Å². The molecule has 0 spiro atoms. The number of oxazole rings is 1. The Bertz CT molecular complexity index is 1230. The van der Waals surface area contributed by atoms with Gasteiger partial charge in [-0.15, -0.1) is 0 Å². The van der Waals surface area contributed by atoms with Crippen molar-refractivity contribution in [2.75, 3.05) is 19.0 Å². The molecule has 4 aromatic rings. The molecule has 1 aromatic heterocycles. The Labute approximate surface area is 192 Å². The Hall–Kier alpha value is -3.84. The maximum atomic E-state index is 11.0. The van der Waals surface area contributed by atoms with E-state index in [0.717, 1.165) is 33.5 Å². The van der Waals surface area contributed by atoms with E-state index in [2.05, 4.69) is 28.5 Å². The number of benzene rings is 3. The van der Waals surface area contributed by atoms with Gasteiger partial charge in [-0.25, -0.2) is 9.78 Å². The molecule has 0 amide bonds. The van der Waals surface area contributed by atoms with Crippen molar-refractivity contribution in [1.82, 2.24) is 10.3 Å². The summed E-state index contributed by atoms with van der Waals surface area (Å²) in [6.45, 7) is 2.72. The summed E-state index contributed by atoms with van der Waals surface area (Å²) in [5.41, 5.74) is 5.66. The first-order chi connectivity index (χ1) is 15.9. The average Bonchev–Trinajstić information content (AvgIpc) is 3.23. The van der Waals surface area contributed by atoms with E-state index in [4.69, 9.17) is 14.3 Å². The van der Waals surface area contributed by atoms with E-state index in [1.165, 1.54) is 6.92 Å². The fourth-order valence-corrected chi connectivity index (χ4v) is 3.51. The number of carboxylic acids is 1. The number of ether oxygens (including phenoxy) is 1. The van der Waals surface area contributed by atoms with Gasteiger partial charge in [0, 0.05) is 38.4 Å². The van der Waals surface area contributed by atoms with Gasteiger partial charge in [0.2, 0.25) is 5.89 Å². The van der Waals surface area contributed by atoms with Crippen molar-refractivity contribution in [2.45, 2.75) is 26.1 Å². The molecule has 2 N–H and O–H groups in total. The van der Waals surface area contributed by atoms with Crippen LogP contribution < -0.4 is 15.0 Å². The number of nitrogens with zero attached hydrogens (tertiary/aromatic N) is 2. The molecule has 170 valence electrons. The number of fused-ring (bicyclic) bond motifs is 1. The lowest BCUT2D eigenvalue weighted by molar-refractivity contribution is -0.144. The van der Waals surface area contributed by atoms with Gasteiger partial charge in [-0.3, -0.25) is 0 Å². The number of aromatic nitrogens is 1. The molecule has 0 fully saturated rings. The summed E-state index contributed by atoms with van der Waals surface area (Å²) in [6.07, 6.45) is -0.901. The lowest BCUT2D eigenvalue weighted by Crippen LogP contribution is -2.23. The highest BCUT2D eigenvalue weighted by molar-refractivity contribution is 5.77. The van der Waals surface area contributed by atoms with Gasteiger partial charge in [-0.1, -0.05) is 30.3 Å². The zero-order chi connectivity index (χ0) is 23.4. The fourth-order valence-electron chi connectivity index (χ4n) is 3.51. The van der Waals surface area contributed by atoms with E-state index in [0.29, 0.717) is 24.7 Å². The van der Waals surface area contributed by atoms with Gasteiger partial charge < -0.3 is 24.5 Å². The number of hydrogen-bond acceptors (Lipinski definition) is 6. The number of anilines is 1. The lowest BCUT2D eigenvalue weighted by atomic mass is 10.1. The number of aliphatic carboxylic acids is 1. The van der Waals surface area contributed by atoms with Crippen molar-refractivity contribution in [3.05, 3.63) is 77.9 Å². The van der Waals surface area contributed by atoms with Crippen LogP contribution in [0.1, 0.15) is 18.1 Å². The molecule has 0 aliphatic heterocycles. The van der Waals surface area contributed by atoms with Crippen LogP contribution in [0, 0.1) is 0 Å². The van der Waals surface area contributed by atoms with Crippen molar-refractivity contribution >= 4 is 22.8 Å². The predicted molar refractivity (Wildman–Crippen MR) is 128 cm³/mol.